The highest BCUT2D eigenvalue weighted by atomic mass is 16.5. The minimum absolute atomic E-state index is 0.114. The van der Waals surface area contributed by atoms with E-state index in [1.807, 2.05) is 6.92 Å². The number of para-hydroxylation sites is 1. The largest absolute Gasteiger partial charge is 0.494 e. The molecule has 0 aliphatic carbocycles. The summed E-state index contributed by atoms with van der Waals surface area (Å²) in [4.78, 5) is 37.9. The fourth-order valence-electron chi connectivity index (χ4n) is 2.50. The molecule has 0 saturated carbocycles. The van der Waals surface area contributed by atoms with Gasteiger partial charge >= 0.3 is 6.03 Å². The molecule has 6 heteroatoms. The first kappa shape index (κ1) is 16.4. The van der Waals surface area contributed by atoms with E-state index in [2.05, 4.69) is 5.32 Å². The Bertz CT molecular complexity index is 859. The van der Waals surface area contributed by atoms with Crippen molar-refractivity contribution >= 4 is 29.6 Å². The van der Waals surface area contributed by atoms with Crippen LogP contribution in [0.2, 0.25) is 0 Å². The Morgan fingerprint density at radius 3 is 2.52 bits per heavy atom. The third-order valence-corrected chi connectivity index (χ3v) is 3.60. The highest BCUT2D eigenvalue weighted by molar-refractivity contribution is 6.39. The summed E-state index contributed by atoms with van der Waals surface area (Å²) in [6, 6.07) is 14.7. The molecule has 3 rings (SSSR count). The number of hydrogen-bond donors (Lipinski definition) is 1. The van der Waals surface area contributed by atoms with E-state index in [4.69, 9.17) is 4.74 Å². The number of urea groups is 1. The molecule has 4 amide bonds. The van der Waals surface area contributed by atoms with Crippen LogP contribution in [0.25, 0.3) is 6.08 Å². The van der Waals surface area contributed by atoms with E-state index in [1.54, 1.807) is 54.6 Å². The third-order valence-electron chi connectivity index (χ3n) is 3.60. The first-order chi connectivity index (χ1) is 12.1. The minimum atomic E-state index is -0.763. The molecule has 2 aromatic rings. The van der Waals surface area contributed by atoms with Crippen LogP contribution in [0.5, 0.6) is 5.75 Å². The van der Waals surface area contributed by atoms with Crippen molar-refractivity contribution in [3.05, 3.63) is 65.7 Å². The van der Waals surface area contributed by atoms with Gasteiger partial charge in [-0.2, -0.15) is 0 Å². The fraction of sp³-hybridized carbons (Fsp3) is 0.105. The summed E-state index contributed by atoms with van der Waals surface area (Å²) in [5, 5.41) is 2.20. The SMILES string of the molecule is CCOc1cccc(/C=C2\C(=O)NC(=O)N(c3ccccc3)C2=O)c1. The van der Waals surface area contributed by atoms with Crippen LogP contribution in [-0.2, 0) is 9.59 Å². The van der Waals surface area contributed by atoms with Gasteiger partial charge in [-0.1, -0.05) is 30.3 Å². The number of benzene rings is 2. The number of barbiturate groups is 1. The van der Waals surface area contributed by atoms with E-state index < -0.39 is 17.8 Å². The van der Waals surface area contributed by atoms with Gasteiger partial charge in [-0.15, -0.1) is 0 Å². The predicted octanol–water partition coefficient (Wildman–Crippen LogP) is 2.75. The van der Waals surface area contributed by atoms with Gasteiger partial charge in [0.25, 0.3) is 11.8 Å². The Labute approximate surface area is 144 Å². The number of nitrogens with zero attached hydrogens (tertiary/aromatic N) is 1. The summed E-state index contributed by atoms with van der Waals surface area (Å²) in [5.74, 6) is -0.748. The smallest absolute Gasteiger partial charge is 0.335 e. The number of ether oxygens (including phenoxy) is 1. The standard InChI is InChI=1S/C19H16N2O4/c1-2-25-15-10-6-7-13(11-15)12-16-17(22)20-19(24)21(18(16)23)14-8-4-3-5-9-14/h3-12H,2H2,1H3,(H,20,22,24)/b16-12+. The monoisotopic (exact) mass is 336 g/mol. The van der Waals surface area contributed by atoms with Crippen molar-refractivity contribution in [1.29, 1.82) is 0 Å². The Balaban J connectivity index is 1.97. The van der Waals surface area contributed by atoms with Gasteiger partial charge in [0.05, 0.1) is 12.3 Å². The molecule has 126 valence electrons. The van der Waals surface area contributed by atoms with Crippen LogP contribution >= 0.6 is 0 Å². The number of amides is 4. The van der Waals surface area contributed by atoms with Gasteiger partial charge in [0.1, 0.15) is 11.3 Å². The lowest BCUT2D eigenvalue weighted by atomic mass is 10.1. The lowest BCUT2D eigenvalue weighted by molar-refractivity contribution is -0.122. The van der Waals surface area contributed by atoms with E-state index in [9.17, 15) is 14.4 Å². The summed E-state index contributed by atoms with van der Waals surface area (Å²) in [5.41, 5.74) is 0.912. The van der Waals surface area contributed by atoms with Crippen molar-refractivity contribution in [2.24, 2.45) is 0 Å². The van der Waals surface area contributed by atoms with Crippen molar-refractivity contribution in [2.45, 2.75) is 6.92 Å². The van der Waals surface area contributed by atoms with Crippen molar-refractivity contribution in [1.82, 2.24) is 5.32 Å². The molecule has 2 aromatic carbocycles. The molecule has 1 fully saturated rings. The van der Waals surface area contributed by atoms with E-state index in [0.717, 1.165) is 4.90 Å². The summed E-state index contributed by atoms with van der Waals surface area (Å²) < 4.78 is 5.42. The second kappa shape index (κ2) is 7.00. The van der Waals surface area contributed by atoms with Crippen molar-refractivity contribution in [2.75, 3.05) is 11.5 Å². The summed E-state index contributed by atoms with van der Waals surface area (Å²) in [6.07, 6.45) is 1.45. The second-order valence-electron chi connectivity index (χ2n) is 5.30. The zero-order valence-corrected chi connectivity index (χ0v) is 13.6. The summed E-state index contributed by atoms with van der Waals surface area (Å²) in [7, 11) is 0. The maximum absolute atomic E-state index is 12.7. The van der Waals surface area contributed by atoms with E-state index in [1.165, 1.54) is 6.08 Å². The maximum Gasteiger partial charge on any atom is 0.335 e. The number of nitrogens with one attached hydrogen (secondary N) is 1. The molecule has 0 bridgehead atoms. The second-order valence-corrected chi connectivity index (χ2v) is 5.30. The number of carbonyl (C=O) groups excluding carboxylic acids is 3. The molecule has 0 unspecified atom stereocenters. The first-order valence-electron chi connectivity index (χ1n) is 7.79. The predicted molar refractivity (Wildman–Crippen MR) is 93.1 cm³/mol. The van der Waals surface area contributed by atoms with Crippen LogP contribution in [0.1, 0.15) is 12.5 Å². The Hall–Kier alpha value is -3.41. The van der Waals surface area contributed by atoms with E-state index in [-0.39, 0.29) is 5.57 Å². The number of rotatable bonds is 4. The molecule has 0 radical (unpaired) electrons. The van der Waals surface area contributed by atoms with Crippen molar-refractivity contribution in [3.63, 3.8) is 0 Å². The zero-order chi connectivity index (χ0) is 17.8. The van der Waals surface area contributed by atoms with Crippen LogP contribution in [-0.4, -0.2) is 24.5 Å². The van der Waals surface area contributed by atoms with Gasteiger partial charge in [0, 0.05) is 0 Å². The van der Waals surface area contributed by atoms with Crippen LogP contribution < -0.4 is 15.0 Å². The molecule has 0 atom stereocenters. The molecule has 0 aromatic heterocycles. The molecule has 1 aliphatic rings. The van der Waals surface area contributed by atoms with Gasteiger partial charge in [0.2, 0.25) is 0 Å². The van der Waals surface area contributed by atoms with Crippen LogP contribution in [0.3, 0.4) is 0 Å². The topological polar surface area (TPSA) is 75.7 Å². The Morgan fingerprint density at radius 2 is 1.80 bits per heavy atom. The molecular formula is C19H16N2O4. The lowest BCUT2D eigenvalue weighted by Crippen LogP contribution is -2.54. The molecule has 1 heterocycles. The fourth-order valence-corrected chi connectivity index (χ4v) is 2.50. The molecular weight excluding hydrogens is 320 g/mol. The van der Waals surface area contributed by atoms with Gasteiger partial charge in [-0.25, -0.2) is 9.69 Å². The highest BCUT2D eigenvalue weighted by Gasteiger charge is 2.36. The number of imide groups is 2. The van der Waals surface area contributed by atoms with Gasteiger partial charge in [-0.3, -0.25) is 14.9 Å². The highest BCUT2D eigenvalue weighted by Crippen LogP contribution is 2.22. The number of anilines is 1. The Kier molecular flexibility index (Phi) is 4.61. The molecule has 1 saturated heterocycles. The average molecular weight is 336 g/mol. The quantitative estimate of drug-likeness (QED) is 0.688. The number of carbonyl (C=O) groups is 3. The molecule has 25 heavy (non-hydrogen) atoms. The van der Waals surface area contributed by atoms with Crippen LogP contribution in [0.4, 0.5) is 10.5 Å². The minimum Gasteiger partial charge on any atom is -0.494 e. The molecule has 1 N–H and O–H groups in total. The Morgan fingerprint density at radius 1 is 1.04 bits per heavy atom. The summed E-state index contributed by atoms with van der Waals surface area (Å²) >= 11 is 0. The molecule has 0 spiro atoms. The van der Waals surface area contributed by atoms with Crippen molar-refractivity contribution in [3.8, 4) is 5.75 Å². The van der Waals surface area contributed by atoms with Gasteiger partial charge in [-0.05, 0) is 42.8 Å². The summed E-state index contributed by atoms with van der Waals surface area (Å²) in [6.45, 7) is 2.38. The van der Waals surface area contributed by atoms with E-state index >= 15 is 0 Å². The average Bonchev–Trinajstić information content (AvgIpc) is 2.60. The number of hydrogen-bond acceptors (Lipinski definition) is 4. The molecule has 1 aliphatic heterocycles. The third kappa shape index (κ3) is 3.42. The first-order valence-corrected chi connectivity index (χ1v) is 7.79. The van der Waals surface area contributed by atoms with E-state index in [0.29, 0.717) is 23.6 Å². The normalized spacial score (nSPS) is 16.1. The van der Waals surface area contributed by atoms with Gasteiger partial charge in [0.15, 0.2) is 0 Å². The zero-order valence-electron chi connectivity index (χ0n) is 13.6. The lowest BCUT2D eigenvalue weighted by Gasteiger charge is -2.26. The molecule has 6 nitrogen and oxygen atoms in total. The van der Waals surface area contributed by atoms with Crippen molar-refractivity contribution < 1.29 is 19.1 Å². The van der Waals surface area contributed by atoms with Gasteiger partial charge < -0.3 is 4.74 Å². The maximum atomic E-state index is 12.7. The van der Waals surface area contributed by atoms with Crippen LogP contribution in [0, 0.1) is 0 Å². The van der Waals surface area contributed by atoms with Crippen LogP contribution in [0.15, 0.2) is 60.2 Å².